The molecule has 0 N–H and O–H groups in total. The molecular formula is C11H25BrN2. The maximum absolute atomic E-state index is 3.51. The summed E-state index contributed by atoms with van der Waals surface area (Å²) >= 11 is 3.51. The summed E-state index contributed by atoms with van der Waals surface area (Å²) in [6.07, 6.45) is 3.91. The Balaban J connectivity index is 3.50. The molecule has 0 aromatic carbocycles. The molecule has 0 unspecified atom stereocenters. The van der Waals surface area contributed by atoms with E-state index < -0.39 is 0 Å². The van der Waals surface area contributed by atoms with Crippen LogP contribution in [0.25, 0.3) is 0 Å². The molecule has 14 heavy (non-hydrogen) atoms. The van der Waals surface area contributed by atoms with Crippen molar-refractivity contribution in [1.29, 1.82) is 0 Å². The van der Waals surface area contributed by atoms with Crippen molar-refractivity contribution in [1.82, 2.24) is 9.80 Å². The third-order valence-electron chi connectivity index (χ3n) is 2.31. The van der Waals surface area contributed by atoms with Crippen molar-refractivity contribution in [2.24, 2.45) is 0 Å². The summed E-state index contributed by atoms with van der Waals surface area (Å²) in [5, 5.41) is 1.10. The van der Waals surface area contributed by atoms with Crippen LogP contribution in [0.4, 0.5) is 0 Å². The number of alkyl halides is 1. The maximum atomic E-state index is 3.51. The van der Waals surface area contributed by atoms with Crippen LogP contribution in [0.3, 0.4) is 0 Å². The van der Waals surface area contributed by atoms with Gasteiger partial charge in [0.15, 0.2) is 0 Å². The highest BCUT2D eigenvalue weighted by Crippen LogP contribution is 1.98. The second kappa shape index (κ2) is 9.94. The highest BCUT2D eigenvalue weighted by molar-refractivity contribution is 9.09. The summed E-state index contributed by atoms with van der Waals surface area (Å²) in [4.78, 5) is 4.81. The van der Waals surface area contributed by atoms with E-state index in [4.69, 9.17) is 0 Å². The minimum Gasteiger partial charge on any atom is -0.309 e. The van der Waals surface area contributed by atoms with Gasteiger partial charge in [-0.3, -0.25) is 0 Å². The van der Waals surface area contributed by atoms with E-state index in [-0.39, 0.29) is 0 Å². The standard InChI is InChI=1S/C11H25BrN2/c1-4-5-9-14(11-7-12)10-6-8-13(2)3/h4-11H2,1-3H3. The second-order valence-electron chi connectivity index (χ2n) is 4.04. The minimum absolute atomic E-state index is 1.10. The van der Waals surface area contributed by atoms with Gasteiger partial charge in [0.2, 0.25) is 0 Å². The van der Waals surface area contributed by atoms with Gasteiger partial charge in [-0.05, 0) is 46.6 Å². The molecular weight excluding hydrogens is 240 g/mol. The molecule has 0 aliphatic heterocycles. The molecule has 0 radical (unpaired) electrons. The molecule has 0 aliphatic carbocycles. The molecule has 0 bridgehead atoms. The fourth-order valence-electron chi connectivity index (χ4n) is 1.45. The van der Waals surface area contributed by atoms with E-state index in [0.717, 1.165) is 5.33 Å². The van der Waals surface area contributed by atoms with Crippen LogP contribution < -0.4 is 0 Å². The Morgan fingerprint density at radius 1 is 0.929 bits per heavy atom. The summed E-state index contributed by atoms with van der Waals surface area (Å²) in [5.41, 5.74) is 0. The van der Waals surface area contributed by atoms with Crippen molar-refractivity contribution in [3.63, 3.8) is 0 Å². The average molecular weight is 265 g/mol. The highest BCUT2D eigenvalue weighted by Gasteiger charge is 2.02. The van der Waals surface area contributed by atoms with Gasteiger partial charge in [-0.2, -0.15) is 0 Å². The third kappa shape index (κ3) is 8.97. The van der Waals surface area contributed by atoms with Gasteiger partial charge in [-0.1, -0.05) is 29.3 Å². The normalized spacial score (nSPS) is 11.6. The van der Waals surface area contributed by atoms with Crippen molar-refractivity contribution < 1.29 is 0 Å². The van der Waals surface area contributed by atoms with Crippen LogP contribution in [0.2, 0.25) is 0 Å². The lowest BCUT2D eigenvalue weighted by molar-refractivity contribution is 0.265. The van der Waals surface area contributed by atoms with Gasteiger partial charge >= 0.3 is 0 Å². The zero-order chi connectivity index (χ0) is 10.8. The topological polar surface area (TPSA) is 6.48 Å². The smallest absolute Gasteiger partial charge is 0.0159 e. The van der Waals surface area contributed by atoms with Gasteiger partial charge in [0.05, 0.1) is 0 Å². The van der Waals surface area contributed by atoms with E-state index in [0.29, 0.717) is 0 Å². The van der Waals surface area contributed by atoms with E-state index in [1.54, 1.807) is 0 Å². The maximum Gasteiger partial charge on any atom is 0.0159 e. The molecule has 0 saturated carbocycles. The summed E-state index contributed by atoms with van der Waals surface area (Å²) in [5.74, 6) is 0. The number of rotatable bonds is 9. The number of hydrogen-bond acceptors (Lipinski definition) is 2. The van der Waals surface area contributed by atoms with E-state index in [1.807, 2.05) is 0 Å². The number of hydrogen-bond donors (Lipinski definition) is 0. The first-order valence-corrected chi connectivity index (χ1v) is 6.76. The van der Waals surface area contributed by atoms with Gasteiger partial charge in [0.25, 0.3) is 0 Å². The van der Waals surface area contributed by atoms with Gasteiger partial charge in [0, 0.05) is 11.9 Å². The molecule has 0 saturated heterocycles. The lowest BCUT2D eigenvalue weighted by Gasteiger charge is -2.21. The van der Waals surface area contributed by atoms with Crippen molar-refractivity contribution in [3.8, 4) is 0 Å². The zero-order valence-corrected chi connectivity index (χ0v) is 11.5. The molecule has 86 valence electrons. The zero-order valence-electron chi connectivity index (χ0n) is 9.93. The second-order valence-corrected chi connectivity index (χ2v) is 4.83. The van der Waals surface area contributed by atoms with E-state index in [9.17, 15) is 0 Å². The molecule has 0 aromatic heterocycles. The Hall–Kier alpha value is 0.400. The molecule has 0 amide bonds. The first kappa shape index (κ1) is 14.4. The number of nitrogens with zero attached hydrogens (tertiary/aromatic N) is 2. The van der Waals surface area contributed by atoms with Crippen molar-refractivity contribution in [2.75, 3.05) is 45.6 Å². The van der Waals surface area contributed by atoms with Crippen molar-refractivity contribution >= 4 is 15.9 Å². The van der Waals surface area contributed by atoms with Crippen LogP contribution in [0.5, 0.6) is 0 Å². The first-order chi connectivity index (χ1) is 6.70. The Morgan fingerprint density at radius 2 is 1.57 bits per heavy atom. The summed E-state index contributed by atoms with van der Waals surface area (Å²) < 4.78 is 0. The molecule has 0 aromatic rings. The average Bonchev–Trinajstić information content (AvgIpc) is 2.13. The SMILES string of the molecule is CCCCN(CCBr)CCCN(C)C. The van der Waals surface area contributed by atoms with Crippen LogP contribution >= 0.6 is 15.9 Å². The molecule has 0 spiro atoms. The predicted molar refractivity (Wildman–Crippen MR) is 68.3 cm³/mol. The van der Waals surface area contributed by atoms with Crippen LogP contribution in [-0.4, -0.2) is 55.4 Å². The van der Waals surface area contributed by atoms with Gasteiger partial charge in [-0.25, -0.2) is 0 Å². The molecule has 2 nitrogen and oxygen atoms in total. The summed E-state index contributed by atoms with van der Waals surface area (Å²) in [7, 11) is 4.28. The Bertz CT molecular complexity index is 118. The van der Waals surface area contributed by atoms with E-state index in [1.165, 1.54) is 45.4 Å². The van der Waals surface area contributed by atoms with Crippen LogP contribution in [0.15, 0.2) is 0 Å². The van der Waals surface area contributed by atoms with Gasteiger partial charge in [0.1, 0.15) is 0 Å². The van der Waals surface area contributed by atoms with Crippen LogP contribution in [-0.2, 0) is 0 Å². The molecule has 3 heteroatoms. The van der Waals surface area contributed by atoms with Crippen molar-refractivity contribution in [3.05, 3.63) is 0 Å². The largest absolute Gasteiger partial charge is 0.309 e. The van der Waals surface area contributed by atoms with Crippen molar-refractivity contribution in [2.45, 2.75) is 26.2 Å². The molecule has 0 heterocycles. The third-order valence-corrected chi connectivity index (χ3v) is 2.66. The Kier molecular flexibility index (Phi) is 10.2. The molecule has 0 atom stereocenters. The van der Waals surface area contributed by atoms with E-state index >= 15 is 0 Å². The highest BCUT2D eigenvalue weighted by atomic mass is 79.9. The Morgan fingerprint density at radius 3 is 2.07 bits per heavy atom. The molecule has 0 fully saturated rings. The summed E-state index contributed by atoms with van der Waals surface area (Å²) in [6.45, 7) is 7.14. The lowest BCUT2D eigenvalue weighted by atomic mass is 10.3. The quantitative estimate of drug-likeness (QED) is 0.591. The van der Waals surface area contributed by atoms with Crippen LogP contribution in [0.1, 0.15) is 26.2 Å². The van der Waals surface area contributed by atoms with Crippen LogP contribution in [0, 0.1) is 0 Å². The van der Waals surface area contributed by atoms with E-state index in [2.05, 4.69) is 46.7 Å². The van der Waals surface area contributed by atoms with Gasteiger partial charge in [-0.15, -0.1) is 0 Å². The minimum atomic E-state index is 1.10. The molecule has 0 aliphatic rings. The summed E-state index contributed by atoms with van der Waals surface area (Å²) in [6, 6.07) is 0. The fraction of sp³-hybridized carbons (Fsp3) is 1.00. The number of halogens is 1. The fourth-order valence-corrected chi connectivity index (χ4v) is 1.95. The molecule has 0 rings (SSSR count). The predicted octanol–water partition coefficient (Wildman–Crippen LogP) is 2.44. The van der Waals surface area contributed by atoms with Gasteiger partial charge < -0.3 is 9.80 Å². The monoisotopic (exact) mass is 264 g/mol. The first-order valence-electron chi connectivity index (χ1n) is 5.63. The Labute approximate surface area is 97.8 Å². The lowest BCUT2D eigenvalue weighted by Crippen LogP contribution is -2.30. The number of unbranched alkanes of at least 4 members (excludes halogenated alkanes) is 1.